The van der Waals surface area contributed by atoms with Crippen LogP contribution in [0.2, 0.25) is 0 Å². The van der Waals surface area contributed by atoms with Gasteiger partial charge in [-0.05, 0) is 42.3 Å². The van der Waals surface area contributed by atoms with Crippen molar-refractivity contribution in [3.05, 3.63) is 71.4 Å². The summed E-state index contributed by atoms with van der Waals surface area (Å²) in [5.74, 6) is -0.321. The Balaban J connectivity index is 2.03. The second kappa shape index (κ2) is 8.04. The molecule has 0 aliphatic carbocycles. The predicted molar refractivity (Wildman–Crippen MR) is 111 cm³/mol. The number of anilines is 1. The zero-order valence-corrected chi connectivity index (χ0v) is 16.3. The first-order valence-corrected chi connectivity index (χ1v) is 9.03. The molecular weight excluding hydrogens is 336 g/mol. The molecule has 3 rings (SSSR count). The molecule has 1 aromatic heterocycles. The zero-order valence-electron chi connectivity index (χ0n) is 16.3. The lowest BCUT2D eigenvalue weighted by Gasteiger charge is -2.11. The van der Waals surface area contributed by atoms with Crippen LogP contribution in [0.25, 0.3) is 23.1 Å². The smallest absolute Gasteiger partial charge is 0.337 e. The fraction of sp³-hybridized carbons (Fsp3) is 0.217. The standard InChI is InChI=1S/C23H25N2O2/c1-5-25-15-14-18(9-6-17-7-11-20(12-8-17)24(2)3)21-16-19(23(26)27-4)10-13-22(21)25/h6-16H,5H2,1-4H3/q+1. The van der Waals surface area contributed by atoms with E-state index >= 15 is 0 Å². The number of carbonyl (C=O) groups excluding carboxylic acids is 1. The van der Waals surface area contributed by atoms with E-state index in [1.165, 1.54) is 12.8 Å². The van der Waals surface area contributed by atoms with Gasteiger partial charge in [0, 0.05) is 31.9 Å². The van der Waals surface area contributed by atoms with Crippen LogP contribution < -0.4 is 9.47 Å². The minimum Gasteiger partial charge on any atom is -0.465 e. The van der Waals surface area contributed by atoms with E-state index in [9.17, 15) is 4.79 Å². The number of carbonyl (C=O) groups is 1. The van der Waals surface area contributed by atoms with Crippen molar-refractivity contribution in [3.63, 3.8) is 0 Å². The van der Waals surface area contributed by atoms with Gasteiger partial charge in [0.15, 0.2) is 6.20 Å². The van der Waals surface area contributed by atoms with Crippen LogP contribution in [-0.2, 0) is 11.3 Å². The van der Waals surface area contributed by atoms with Gasteiger partial charge >= 0.3 is 5.97 Å². The summed E-state index contributed by atoms with van der Waals surface area (Å²) >= 11 is 0. The van der Waals surface area contributed by atoms with Crippen LogP contribution >= 0.6 is 0 Å². The fourth-order valence-corrected chi connectivity index (χ4v) is 3.09. The highest BCUT2D eigenvalue weighted by molar-refractivity contribution is 5.97. The minimum absolute atomic E-state index is 0.321. The Hall–Kier alpha value is -3.14. The molecule has 0 unspecified atom stereocenters. The van der Waals surface area contributed by atoms with Gasteiger partial charge in [0.25, 0.3) is 0 Å². The SMILES string of the molecule is CC[n+]1ccc(C=Cc2ccc(N(C)C)cc2)c2cc(C(=O)OC)ccc21. The van der Waals surface area contributed by atoms with E-state index in [2.05, 4.69) is 65.1 Å². The number of rotatable bonds is 5. The van der Waals surface area contributed by atoms with Crippen LogP contribution in [0.5, 0.6) is 0 Å². The second-order valence-electron chi connectivity index (χ2n) is 6.60. The number of nitrogens with zero attached hydrogens (tertiary/aromatic N) is 2. The molecule has 0 amide bonds. The molecule has 0 N–H and O–H groups in total. The highest BCUT2D eigenvalue weighted by Gasteiger charge is 2.14. The van der Waals surface area contributed by atoms with Gasteiger partial charge in [0.2, 0.25) is 5.52 Å². The summed E-state index contributed by atoms with van der Waals surface area (Å²) in [4.78, 5) is 14.0. The number of fused-ring (bicyclic) bond motifs is 1. The number of pyridine rings is 1. The predicted octanol–water partition coefficient (Wildman–Crippen LogP) is 4.17. The summed E-state index contributed by atoms with van der Waals surface area (Å²) in [5.41, 5.74) is 5.02. The molecule has 1 heterocycles. The van der Waals surface area contributed by atoms with E-state index in [1.54, 1.807) is 0 Å². The number of methoxy groups -OCH3 is 1. The Morgan fingerprint density at radius 3 is 2.44 bits per heavy atom. The molecule has 138 valence electrons. The van der Waals surface area contributed by atoms with Crippen molar-refractivity contribution in [2.75, 3.05) is 26.1 Å². The first kappa shape index (κ1) is 18.6. The van der Waals surface area contributed by atoms with E-state index in [4.69, 9.17) is 4.74 Å². The van der Waals surface area contributed by atoms with Crippen molar-refractivity contribution in [1.29, 1.82) is 0 Å². The molecule has 2 aromatic carbocycles. The summed E-state index contributed by atoms with van der Waals surface area (Å²) in [5, 5.41) is 1.03. The van der Waals surface area contributed by atoms with Crippen molar-refractivity contribution in [3.8, 4) is 0 Å². The number of aromatic nitrogens is 1. The fourth-order valence-electron chi connectivity index (χ4n) is 3.09. The van der Waals surface area contributed by atoms with E-state index in [-0.39, 0.29) is 5.97 Å². The Kier molecular flexibility index (Phi) is 5.55. The van der Waals surface area contributed by atoms with E-state index < -0.39 is 0 Å². The third kappa shape index (κ3) is 4.00. The maximum atomic E-state index is 11.9. The summed E-state index contributed by atoms with van der Waals surface area (Å²) < 4.78 is 7.04. The third-order valence-electron chi connectivity index (χ3n) is 4.68. The lowest BCUT2D eigenvalue weighted by Crippen LogP contribution is -2.32. The van der Waals surface area contributed by atoms with Gasteiger partial charge in [0.1, 0.15) is 6.54 Å². The lowest BCUT2D eigenvalue weighted by molar-refractivity contribution is -0.667. The minimum atomic E-state index is -0.321. The normalized spacial score (nSPS) is 11.1. The highest BCUT2D eigenvalue weighted by atomic mass is 16.5. The number of hydrogen-bond donors (Lipinski definition) is 0. The first-order valence-electron chi connectivity index (χ1n) is 9.03. The quantitative estimate of drug-likeness (QED) is 0.505. The van der Waals surface area contributed by atoms with Crippen molar-refractivity contribution < 1.29 is 14.1 Å². The lowest BCUT2D eigenvalue weighted by atomic mass is 10.0. The van der Waals surface area contributed by atoms with Crippen molar-refractivity contribution in [2.24, 2.45) is 0 Å². The van der Waals surface area contributed by atoms with Gasteiger partial charge in [-0.3, -0.25) is 0 Å². The molecular formula is C23H25N2O2+. The molecule has 0 bridgehead atoms. The van der Waals surface area contributed by atoms with E-state index in [0.717, 1.165) is 28.6 Å². The van der Waals surface area contributed by atoms with Crippen molar-refractivity contribution >= 4 is 34.7 Å². The maximum absolute atomic E-state index is 11.9. The molecule has 0 aliphatic rings. The summed E-state index contributed by atoms with van der Waals surface area (Å²) in [6, 6.07) is 16.2. The van der Waals surface area contributed by atoms with Crippen molar-refractivity contribution in [1.82, 2.24) is 0 Å². The van der Waals surface area contributed by atoms with Crippen molar-refractivity contribution in [2.45, 2.75) is 13.5 Å². The van der Waals surface area contributed by atoms with E-state index in [1.807, 2.05) is 32.3 Å². The Bertz CT molecular complexity index is 989. The topological polar surface area (TPSA) is 33.4 Å². The number of esters is 1. The average Bonchev–Trinajstić information content (AvgIpc) is 2.71. The van der Waals surface area contributed by atoms with Gasteiger partial charge in [-0.15, -0.1) is 0 Å². The second-order valence-corrected chi connectivity index (χ2v) is 6.60. The Morgan fingerprint density at radius 1 is 1.07 bits per heavy atom. The number of ether oxygens (including phenoxy) is 1. The molecule has 0 fully saturated rings. The first-order chi connectivity index (χ1) is 13.0. The monoisotopic (exact) mass is 361 g/mol. The van der Waals surface area contributed by atoms with Crippen LogP contribution in [-0.4, -0.2) is 27.2 Å². The molecule has 4 nitrogen and oxygen atoms in total. The van der Waals surface area contributed by atoms with Crippen LogP contribution in [0, 0.1) is 0 Å². The molecule has 0 radical (unpaired) electrons. The Morgan fingerprint density at radius 2 is 1.81 bits per heavy atom. The molecule has 0 aliphatic heterocycles. The van der Waals surface area contributed by atoms with Gasteiger partial charge < -0.3 is 9.64 Å². The van der Waals surface area contributed by atoms with Gasteiger partial charge in [0.05, 0.1) is 18.1 Å². The molecule has 0 spiro atoms. The summed E-state index contributed by atoms with van der Waals surface area (Å²) in [6.45, 7) is 2.97. The average molecular weight is 361 g/mol. The number of aryl methyl sites for hydroxylation is 1. The highest BCUT2D eigenvalue weighted by Crippen LogP contribution is 2.21. The molecule has 0 saturated heterocycles. The molecule has 3 aromatic rings. The molecule has 0 saturated carbocycles. The van der Waals surface area contributed by atoms with Crippen LogP contribution in [0.1, 0.15) is 28.4 Å². The van der Waals surface area contributed by atoms with Crippen LogP contribution in [0.4, 0.5) is 5.69 Å². The molecule has 27 heavy (non-hydrogen) atoms. The van der Waals surface area contributed by atoms with Gasteiger partial charge in [-0.25, -0.2) is 4.79 Å². The number of benzene rings is 2. The van der Waals surface area contributed by atoms with Crippen LogP contribution in [0.15, 0.2) is 54.7 Å². The van der Waals surface area contributed by atoms with E-state index in [0.29, 0.717) is 5.56 Å². The summed E-state index contributed by atoms with van der Waals surface area (Å²) in [7, 11) is 5.47. The van der Waals surface area contributed by atoms with Gasteiger partial charge in [-0.2, -0.15) is 4.57 Å². The van der Waals surface area contributed by atoms with Gasteiger partial charge in [-0.1, -0.05) is 24.3 Å². The van der Waals surface area contributed by atoms with Crippen LogP contribution in [0.3, 0.4) is 0 Å². The third-order valence-corrected chi connectivity index (χ3v) is 4.68. The molecule has 0 atom stereocenters. The largest absolute Gasteiger partial charge is 0.465 e. The zero-order chi connectivity index (χ0) is 19.4. The molecule has 4 heteroatoms. The number of hydrogen-bond acceptors (Lipinski definition) is 3. The maximum Gasteiger partial charge on any atom is 0.337 e. The Labute approximate surface area is 160 Å². The summed E-state index contributed by atoms with van der Waals surface area (Å²) in [6.07, 6.45) is 6.26.